The van der Waals surface area contributed by atoms with Crippen LogP contribution in [0.5, 0.6) is 23.0 Å². The molecule has 1 aliphatic rings. The Balaban J connectivity index is 1.68. The van der Waals surface area contributed by atoms with E-state index in [-0.39, 0.29) is 6.17 Å². The van der Waals surface area contributed by atoms with Gasteiger partial charge in [-0.25, -0.2) is 0 Å². The molecule has 31 heavy (non-hydrogen) atoms. The lowest BCUT2D eigenvalue weighted by molar-refractivity contribution is -1.09. The second kappa shape index (κ2) is 9.29. The maximum Gasteiger partial charge on any atom is 0.241 e. The first-order valence-corrected chi connectivity index (χ1v) is 10.6. The Morgan fingerprint density at radius 3 is 1.74 bits per heavy atom. The number of para-hydroxylation sites is 2. The Labute approximate surface area is 182 Å². The van der Waals surface area contributed by atoms with Gasteiger partial charge < -0.3 is 19.7 Å². The van der Waals surface area contributed by atoms with Gasteiger partial charge in [-0.1, -0.05) is 24.3 Å². The van der Waals surface area contributed by atoms with Crippen molar-refractivity contribution in [2.45, 2.75) is 19.3 Å². The van der Waals surface area contributed by atoms with Gasteiger partial charge in [0.25, 0.3) is 0 Å². The SMILES string of the molecule is COc1ccc(C2[NH+](Cc3ccccc3O)CC[NH+]2Cc2ccccc2O)cc1OC. The molecule has 3 aromatic carbocycles. The summed E-state index contributed by atoms with van der Waals surface area (Å²) in [5.74, 6) is 2.06. The minimum absolute atomic E-state index is 0.124. The van der Waals surface area contributed by atoms with Crippen molar-refractivity contribution < 1.29 is 29.5 Å². The third-order valence-corrected chi connectivity index (χ3v) is 6.14. The van der Waals surface area contributed by atoms with Crippen molar-refractivity contribution in [2.24, 2.45) is 0 Å². The molecule has 6 heteroatoms. The summed E-state index contributed by atoms with van der Waals surface area (Å²) in [4.78, 5) is 2.72. The molecule has 1 heterocycles. The van der Waals surface area contributed by atoms with E-state index in [0.717, 1.165) is 42.9 Å². The average Bonchev–Trinajstić information content (AvgIpc) is 3.18. The monoisotopic (exact) mass is 422 g/mol. The molecule has 0 amide bonds. The third kappa shape index (κ3) is 4.45. The maximum absolute atomic E-state index is 10.3. The number of quaternary nitrogens is 2. The van der Waals surface area contributed by atoms with E-state index in [1.807, 2.05) is 48.5 Å². The van der Waals surface area contributed by atoms with Crippen molar-refractivity contribution in [1.29, 1.82) is 0 Å². The van der Waals surface area contributed by atoms with Crippen LogP contribution in [0, 0.1) is 0 Å². The highest BCUT2D eigenvalue weighted by Gasteiger charge is 2.41. The Bertz CT molecular complexity index is 984. The molecule has 0 aliphatic carbocycles. The second-order valence-corrected chi connectivity index (χ2v) is 7.97. The molecule has 4 rings (SSSR count). The summed E-state index contributed by atoms with van der Waals surface area (Å²) in [5.41, 5.74) is 3.02. The third-order valence-electron chi connectivity index (χ3n) is 6.14. The number of nitrogens with one attached hydrogen (secondary N) is 2. The highest BCUT2D eigenvalue weighted by molar-refractivity contribution is 5.43. The van der Waals surface area contributed by atoms with Gasteiger partial charge in [-0.2, -0.15) is 0 Å². The number of aromatic hydroxyl groups is 2. The van der Waals surface area contributed by atoms with Crippen LogP contribution in [0.25, 0.3) is 0 Å². The highest BCUT2D eigenvalue weighted by atomic mass is 16.5. The molecule has 2 unspecified atom stereocenters. The molecule has 0 spiro atoms. The topological polar surface area (TPSA) is 67.8 Å². The van der Waals surface area contributed by atoms with Gasteiger partial charge in [0.1, 0.15) is 37.7 Å². The van der Waals surface area contributed by atoms with Crippen molar-refractivity contribution in [3.63, 3.8) is 0 Å². The summed E-state index contributed by atoms with van der Waals surface area (Å²) >= 11 is 0. The van der Waals surface area contributed by atoms with E-state index in [1.54, 1.807) is 26.4 Å². The summed E-state index contributed by atoms with van der Waals surface area (Å²) in [6.07, 6.45) is 0.124. The minimum Gasteiger partial charge on any atom is -0.507 e. The fourth-order valence-corrected chi connectivity index (χ4v) is 4.59. The van der Waals surface area contributed by atoms with Gasteiger partial charge in [-0.15, -0.1) is 0 Å². The van der Waals surface area contributed by atoms with Gasteiger partial charge in [0, 0.05) is 11.1 Å². The Hall–Kier alpha value is -3.22. The zero-order valence-corrected chi connectivity index (χ0v) is 18.0. The summed E-state index contributed by atoms with van der Waals surface area (Å²) in [6.45, 7) is 3.35. The predicted octanol–water partition coefficient (Wildman–Crippen LogP) is 1.30. The zero-order valence-electron chi connectivity index (χ0n) is 18.0. The van der Waals surface area contributed by atoms with Gasteiger partial charge in [-0.05, 0) is 42.5 Å². The van der Waals surface area contributed by atoms with Crippen LogP contribution in [0.15, 0.2) is 66.7 Å². The minimum atomic E-state index is 0.124. The largest absolute Gasteiger partial charge is 0.507 e. The standard InChI is InChI=1S/C25H28N2O4/c1-30-23-12-11-18(15-24(23)31-2)25-26(16-19-7-3-5-9-21(19)28)13-14-27(25)17-20-8-4-6-10-22(20)29/h3-12,15,25,28-29H,13-14,16-17H2,1-2H3/p+2. The van der Waals surface area contributed by atoms with Crippen molar-refractivity contribution in [3.8, 4) is 23.0 Å². The van der Waals surface area contributed by atoms with Crippen molar-refractivity contribution in [3.05, 3.63) is 83.4 Å². The Morgan fingerprint density at radius 2 is 1.26 bits per heavy atom. The summed E-state index contributed by atoms with van der Waals surface area (Å²) < 4.78 is 11.0. The smallest absolute Gasteiger partial charge is 0.241 e. The van der Waals surface area contributed by atoms with Crippen LogP contribution >= 0.6 is 0 Å². The summed E-state index contributed by atoms with van der Waals surface area (Å²) in [5, 5.41) is 20.7. The van der Waals surface area contributed by atoms with Gasteiger partial charge in [0.15, 0.2) is 11.5 Å². The van der Waals surface area contributed by atoms with Crippen LogP contribution in [0.1, 0.15) is 22.9 Å². The van der Waals surface area contributed by atoms with Gasteiger partial charge in [0.2, 0.25) is 6.17 Å². The lowest BCUT2D eigenvalue weighted by Crippen LogP contribution is -3.22. The Kier molecular flexibility index (Phi) is 6.30. The van der Waals surface area contributed by atoms with E-state index in [9.17, 15) is 10.2 Å². The quantitative estimate of drug-likeness (QED) is 0.463. The van der Waals surface area contributed by atoms with E-state index in [4.69, 9.17) is 9.47 Å². The van der Waals surface area contributed by atoms with Gasteiger partial charge in [0.05, 0.1) is 19.8 Å². The number of phenols is 2. The molecule has 0 aromatic heterocycles. The van der Waals surface area contributed by atoms with E-state index in [0.29, 0.717) is 23.0 Å². The zero-order chi connectivity index (χ0) is 21.8. The highest BCUT2D eigenvalue weighted by Crippen LogP contribution is 2.29. The van der Waals surface area contributed by atoms with Crippen LogP contribution in [-0.4, -0.2) is 37.5 Å². The van der Waals surface area contributed by atoms with Crippen molar-refractivity contribution in [1.82, 2.24) is 0 Å². The van der Waals surface area contributed by atoms with Crippen LogP contribution in [0.2, 0.25) is 0 Å². The van der Waals surface area contributed by atoms with Crippen LogP contribution in [-0.2, 0) is 13.1 Å². The molecule has 1 aliphatic heterocycles. The molecule has 0 bridgehead atoms. The Morgan fingerprint density at radius 1 is 0.742 bits per heavy atom. The fourth-order valence-electron chi connectivity index (χ4n) is 4.59. The molecule has 6 nitrogen and oxygen atoms in total. The normalized spacial score (nSPS) is 20.5. The number of ether oxygens (including phenoxy) is 2. The summed E-state index contributed by atoms with van der Waals surface area (Å²) in [7, 11) is 3.29. The first kappa shape index (κ1) is 21.0. The van der Waals surface area contributed by atoms with Crippen molar-refractivity contribution >= 4 is 0 Å². The van der Waals surface area contributed by atoms with Crippen LogP contribution in [0.3, 0.4) is 0 Å². The molecular formula is C25H30N2O4+2. The second-order valence-electron chi connectivity index (χ2n) is 7.97. The molecule has 0 radical (unpaired) electrons. The number of benzene rings is 3. The molecule has 0 saturated carbocycles. The van der Waals surface area contributed by atoms with Crippen molar-refractivity contribution in [2.75, 3.05) is 27.3 Å². The lowest BCUT2D eigenvalue weighted by Gasteiger charge is -2.25. The van der Waals surface area contributed by atoms with E-state index in [2.05, 4.69) is 6.07 Å². The molecule has 2 atom stereocenters. The number of hydrogen-bond donors (Lipinski definition) is 4. The molecule has 1 fully saturated rings. The van der Waals surface area contributed by atoms with Gasteiger partial charge >= 0.3 is 0 Å². The number of phenolic OH excluding ortho intramolecular Hbond substituents is 2. The summed E-state index contributed by atoms with van der Waals surface area (Å²) in [6, 6.07) is 21.1. The fraction of sp³-hybridized carbons (Fsp3) is 0.280. The first-order valence-electron chi connectivity index (χ1n) is 10.6. The number of rotatable bonds is 7. The number of methoxy groups -OCH3 is 2. The molecule has 1 saturated heterocycles. The maximum atomic E-state index is 10.3. The van der Waals surface area contributed by atoms with E-state index >= 15 is 0 Å². The average molecular weight is 423 g/mol. The van der Waals surface area contributed by atoms with Gasteiger partial charge in [-0.3, -0.25) is 9.80 Å². The van der Waals surface area contributed by atoms with E-state index < -0.39 is 0 Å². The molecule has 162 valence electrons. The van der Waals surface area contributed by atoms with E-state index in [1.165, 1.54) is 9.80 Å². The van der Waals surface area contributed by atoms with Crippen LogP contribution in [0.4, 0.5) is 0 Å². The first-order chi connectivity index (χ1) is 15.1. The van der Waals surface area contributed by atoms with Crippen LogP contribution < -0.4 is 19.3 Å². The molecule has 3 aromatic rings. The molecule has 4 N–H and O–H groups in total. The molecular weight excluding hydrogens is 392 g/mol. The lowest BCUT2D eigenvalue weighted by atomic mass is 10.1. The predicted molar refractivity (Wildman–Crippen MR) is 118 cm³/mol. The number of hydrogen-bond acceptors (Lipinski definition) is 4.